The second kappa shape index (κ2) is 9.90. The molecule has 5 nitrogen and oxygen atoms in total. The van der Waals surface area contributed by atoms with Gasteiger partial charge in [-0.2, -0.15) is 5.26 Å². The van der Waals surface area contributed by atoms with Crippen LogP contribution in [0.4, 0.5) is 0 Å². The van der Waals surface area contributed by atoms with Gasteiger partial charge in [0.25, 0.3) is 11.8 Å². The first-order chi connectivity index (χ1) is 15.0. The Morgan fingerprint density at radius 2 is 1.74 bits per heavy atom. The molecule has 31 heavy (non-hydrogen) atoms. The van der Waals surface area contributed by atoms with Gasteiger partial charge < -0.3 is 4.74 Å². The number of nitrogens with zero attached hydrogens (tertiary/aromatic N) is 2. The molecule has 2 amide bonds. The molecule has 3 rings (SSSR count). The van der Waals surface area contributed by atoms with E-state index in [9.17, 15) is 14.9 Å². The number of benzene rings is 2. The maximum atomic E-state index is 13.3. The van der Waals surface area contributed by atoms with Gasteiger partial charge in [-0.3, -0.25) is 14.5 Å². The molecule has 0 saturated heterocycles. The lowest BCUT2D eigenvalue weighted by Gasteiger charge is -2.32. The van der Waals surface area contributed by atoms with Gasteiger partial charge in [-0.25, -0.2) is 0 Å². The Bertz CT molecular complexity index is 1060. The number of nitriles is 1. The zero-order valence-electron chi connectivity index (χ0n) is 18.1. The molecule has 2 aromatic rings. The van der Waals surface area contributed by atoms with E-state index in [-0.39, 0.29) is 5.57 Å². The molecule has 0 bridgehead atoms. The van der Waals surface area contributed by atoms with Crippen LogP contribution < -0.4 is 4.74 Å². The molecule has 5 heteroatoms. The molecular weight excluding hydrogens is 388 g/mol. The van der Waals surface area contributed by atoms with Crippen molar-refractivity contribution in [3.05, 3.63) is 82.4 Å². The molecule has 0 fully saturated rings. The molecule has 1 aliphatic heterocycles. The summed E-state index contributed by atoms with van der Waals surface area (Å²) < 4.78 is 5.69. The van der Waals surface area contributed by atoms with Crippen molar-refractivity contribution >= 4 is 17.9 Å². The van der Waals surface area contributed by atoms with Crippen molar-refractivity contribution < 1.29 is 14.3 Å². The summed E-state index contributed by atoms with van der Waals surface area (Å²) in [6.07, 6.45) is 3.78. The summed E-state index contributed by atoms with van der Waals surface area (Å²) in [6.45, 7) is 6.21. The van der Waals surface area contributed by atoms with E-state index in [1.165, 1.54) is 4.90 Å². The first-order valence-corrected chi connectivity index (χ1v) is 10.5. The highest BCUT2D eigenvalue weighted by atomic mass is 16.5. The quantitative estimate of drug-likeness (QED) is 0.354. The summed E-state index contributed by atoms with van der Waals surface area (Å²) in [6, 6.07) is 18.3. The molecule has 1 atom stereocenters. The Morgan fingerprint density at radius 3 is 2.35 bits per heavy atom. The molecule has 0 spiro atoms. The predicted octanol–water partition coefficient (Wildman–Crippen LogP) is 5.22. The van der Waals surface area contributed by atoms with E-state index in [0.29, 0.717) is 17.8 Å². The fourth-order valence-electron chi connectivity index (χ4n) is 3.49. The predicted molar refractivity (Wildman–Crippen MR) is 120 cm³/mol. The van der Waals surface area contributed by atoms with Crippen molar-refractivity contribution in [3.8, 4) is 11.8 Å². The third kappa shape index (κ3) is 4.75. The number of carbonyl (C=O) groups excluding carboxylic acids is 2. The Labute approximate surface area is 183 Å². The topological polar surface area (TPSA) is 70.4 Å². The lowest BCUT2D eigenvalue weighted by molar-refractivity contribution is -0.143. The van der Waals surface area contributed by atoms with E-state index in [1.807, 2.05) is 60.7 Å². The van der Waals surface area contributed by atoms with E-state index < -0.39 is 17.9 Å². The average Bonchev–Trinajstić information content (AvgIpc) is 2.79. The fraction of sp³-hybridized carbons (Fsp3) is 0.269. The first kappa shape index (κ1) is 22.0. The van der Waals surface area contributed by atoms with Crippen LogP contribution in [-0.2, 0) is 9.59 Å². The third-order valence-corrected chi connectivity index (χ3v) is 5.40. The van der Waals surface area contributed by atoms with Gasteiger partial charge >= 0.3 is 0 Å². The number of carbonyl (C=O) groups is 2. The largest absolute Gasteiger partial charge is 0.494 e. The normalized spacial score (nSPS) is 16.5. The number of ether oxygens (including phenoxy) is 1. The molecule has 2 aromatic carbocycles. The Hall–Kier alpha value is -3.65. The van der Waals surface area contributed by atoms with Crippen molar-refractivity contribution in [1.82, 2.24) is 4.90 Å². The summed E-state index contributed by atoms with van der Waals surface area (Å²) >= 11 is 0. The van der Waals surface area contributed by atoms with Crippen LogP contribution in [0.1, 0.15) is 50.8 Å². The zero-order chi connectivity index (χ0) is 22.4. The van der Waals surface area contributed by atoms with Crippen molar-refractivity contribution in [1.29, 1.82) is 5.26 Å². The maximum absolute atomic E-state index is 13.3. The first-order valence-electron chi connectivity index (χ1n) is 10.5. The summed E-state index contributed by atoms with van der Waals surface area (Å²) in [5.41, 5.74) is 2.36. The van der Waals surface area contributed by atoms with E-state index in [2.05, 4.69) is 6.92 Å². The molecular formula is C26H26N2O3. The number of hydrogen-bond donors (Lipinski definition) is 0. The van der Waals surface area contributed by atoms with Crippen molar-refractivity contribution in [3.63, 3.8) is 0 Å². The monoisotopic (exact) mass is 414 g/mol. The maximum Gasteiger partial charge on any atom is 0.272 e. The Morgan fingerprint density at radius 1 is 1.06 bits per heavy atom. The van der Waals surface area contributed by atoms with Crippen molar-refractivity contribution in [2.75, 3.05) is 6.61 Å². The zero-order valence-corrected chi connectivity index (χ0v) is 18.1. The third-order valence-electron chi connectivity index (χ3n) is 5.40. The van der Waals surface area contributed by atoms with Gasteiger partial charge in [-0.15, -0.1) is 0 Å². The SMILES string of the molecule is CCCCOc1ccc(/C=C2/C(=O)N(C(C)c3ccccc3)C(=O)C(C#N)=C2C)cc1. The number of amides is 2. The highest BCUT2D eigenvalue weighted by Crippen LogP contribution is 2.33. The minimum atomic E-state index is -0.557. The second-order valence-corrected chi connectivity index (χ2v) is 7.51. The van der Waals surface area contributed by atoms with Gasteiger partial charge in [-0.05, 0) is 55.2 Å². The lowest BCUT2D eigenvalue weighted by Crippen LogP contribution is -2.44. The Balaban J connectivity index is 1.95. The van der Waals surface area contributed by atoms with Gasteiger partial charge in [0.1, 0.15) is 17.4 Å². The molecule has 0 aliphatic carbocycles. The van der Waals surface area contributed by atoms with Crippen molar-refractivity contribution in [2.24, 2.45) is 0 Å². The van der Waals surface area contributed by atoms with Gasteiger partial charge in [0.2, 0.25) is 0 Å². The van der Waals surface area contributed by atoms with E-state index in [4.69, 9.17) is 4.74 Å². The molecule has 158 valence electrons. The van der Waals surface area contributed by atoms with Crippen LogP contribution in [0.5, 0.6) is 5.75 Å². The molecule has 0 N–H and O–H groups in total. The van der Waals surface area contributed by atoms with Crippen LogP contribution in [0.15, 0.2) is 71.3 Å². The van der Waals surface area contributed by atoms with Gasteiger partial charge in [0, 0.05) is 5.57 Å². The Kier molecular flexibility index (Phi) is 7.04. The van der Waals surface area contributed by atoms with E-state index in [0.717, 1.165) is 29.7 Å². The van der Waals surface area contributed by atoms with Crippen LogP contribution in [0.3, 0.4) is 0 Å². The minimum Gasteiger partial charge on any atom is -0.494 e. The molecule has 1 heterocycles. The van der Waals surface area contributed by atoms with Crippen LogP contribution in [0.2, 0.25) is 0 Å². The van der Waals surface area contributed by atoms with Crippen LogP contribution in [0, 0.1) is 11.3 Å². The second-order valence-electron chi connectivity index (χ2n) is 7.51. The van der Waals surface area contributed by atoms with E-state index in [1.54, 1.807) is 19.9 Å². The number of unbranched alkanes of at least 4 members (excludes halogenated alkanes) is 1. The number of imide groups is 1. The van der Waals surface area contributed by atoms with Crippen LogP contribution in [-0.4, -0.2) is 23.3 Å². The lowest BCUT2D eigenvalue weighted by atomic mass is 9.91. The van der Waals surface area contributed by atoms with E-state index >= 15 is 0 Å². The molecule has 1 unspecified atom stereocenters. The fourth-order valence-corrected chi connectivity index (χ4v) is 3.49. The van der Waals surface area contributed by atoms with Crippen LogP contribution in [0.25, 0.3) is 6.08 Å². The van der Waals surface area contributed by atoms with Gasteiger partial charge in [0.05, 0.1) is 12.6 Å². The number of rotatable bonds is 7. The van der Waals surface area contributed by atoms with Crippen molar-refractivity contribution in [2.45, 2.75) is 39.7 Å². The summed E-state index contributed by atoms with van der Waals surface area (Å²) in [5.74, 6) is -0.190. The standard InChI is InChI=1S/C26H26N2O3/c1-4-5-15-31-22-13-11-20(12-14-22)16-23-18(2)24(17-27)26(30)28(25(23)29)19(3)21-9-7-6-8-10-21/h6-14,16,19H,4-5,15H2,1-3H3/b23-16+. The van der Waals surface area contributed by atoms with Crippen LogP contribution >= 0.6 is 0 Å². The molecule has 1 aliphatic rings. The molecule has 0 radical (unpaired) electrons. The summed E-state index contributed by atoms with van der Waals surface area (Å²) in [4.78, 5) is 27.5. The molecule has 0 aromatic heterocycles. The summed E-state index contributed by atoms with van der Waals surface area (Å²) in [5, 5.41) is 9.60. The smallest absolute Gasteiger partial charge is 0.272 e. The van der Waals surface area contributed by atoms with Gasteiger partial charge in [0.15, 0.2) is 0 Å². The van der Waals surface area contributed by atoms with Gasteiger partial charge in [-0.1, -0.05) is 55.8 Å². The molecule has 0 saturated carbocycles. The summed E-state index contributed by atoms with van der Waals surface area (Å²) in [7, 11) is 0. The highest BCUT2D eigenvalue weighted by Gasteiger charge is 2.38. The minimum absolute atomic E-state index is 0.00634. The average molecular weight is 415 g/mol. The highest BCUT2D eigenvalue weighted by molar-refractivity contribution is 6.19. The number of hydrogen-bond acceptors (Lipinski definition) is 4.